The van der Waals surface area contributed by atoms with Crippen molar-refractivity contribution in [2.45, 2.75) is 32.7 Å². The SMILES string of the molecule is CCCCN(C)C(C)C(=O)c1ccc(N)cc1. The predicted molar refractivity (Wildman–Crippen MR) is 72.2 cm³/mol. The number of unbranched alkanes of at least 4 members (excludes halogenated alkanes) is 1. The molecule has 94 valence electrons. The molecule has 0 aliphatic heterocycles. The number of nitrogens with zero attached hydrogens (tertiary/aromatic N) is 1. The Kier molecular flexibility index (Phi) is 5.16. The third-order valence-corrected chi connectivity index (χ3v) is 3.10. The number of nitrogen functional groups attached to an aromatic ring is 1. The fraction of sp³-hybridized carbons (Fsp3) is 0.500. The number of Topliss-reactive ketones (excluding diaryl/α,β-unsaturated/α-hetero) is 1. The highest BCUT2D eigenvalue weighted by Crippen LogP contribution is 2.11. The highest BCUT2D eigenvalue weighted by molar-refractivity contribution is 6.00. The number of nitrogens with two attached hydrogens (primary N) is 1. The molecule has 17 heavy (non-hydrogen) atoms. The van der Waals surface area contributed by atoms with Gasteiger partial charge in [0.05, 0.1) is 6.04 Å². The number of hydrogen-bond donors (Lipinski definition) is 1. The van der Waals surface area contributed by atoms with E-state index in [1.807, 2.05) is 14.0 Å². The molecule has 2 N–H and O–H groups in total. The lowest BCUT2D eigenvalue weighted by molar-refractivity contribution is 0.0867. The first kappa shape index (κ1) is 13.7. The number of anilines is 1. The van der Waals surface area contributed by atoms with Crippen molar-refractivity contribution in [3.63, 3.8) is 0 Å². The van der Waals surface area contributed by atoms with Crippen LogP contribution in [0.2, 0.25) is 0 Å². The van der Waals surface area contributed by atoms with E-state index >= 15 is 0 Å². The molecule has 0 amide bonds. The van der Waals surface area contributed by atoms with Gasteiger partial charge in [0, 0.05) is 11.3 Å². The summed E-state index contributed by atoms with van der Waals surface area (Å²) < 4.78 is 0. The largest absolute Gasteiger partial charge is 0.399 e. The van der Waals surface area contributed by atoms with Crippen molar-refractivity contribution in [3.8, 4) is 0 Å². The van der Waals surface area contributed by atoms with E-state index in [0.717, 1.165) is 24.9 Å². The van der Waals surface area contributed by atoms with Gasteiger partial charge in [0.2, 0.25) is 0 Å². The van der Waals surface area contributed by atoms with E-state index in [1.165, 1.54) is 0 Å². The lowest BCUT2D eigenvalue weighted by atomic mass is 10.0. The first-order valence-corrected chi connectivity index (χ1v) is 6.16. The van der Waals surface area contributed by atoms with Gasteiger partial charge in [0.1, 0.15) is 0 Å². The number of hydrogen-bond acceptors (Lipinski definition) is 3. The predicted octanol–water partition coefficient (Wildman–Crippen LogP) is 2.57. The summed E-state index contributed by atoms with van der Waals surface area (Å²) in [6, 6.07) is 7.05. The second kappa shape index (κ2) is 6.40. The van der Waals surface area contributed by atoms with Crippen molar-refractivity contribution in [2.75, 3.05) is 19.3 Å². The summed E-state index contributed by atoms with van der Waals surface area (Å²) in [7, 11) is 2.00. The molecule has 3 nitrogen and oxygen atoms in total. The zero-order valence-electron chi connectivity index (χ0n) is 10.9. The minimum Gasteiger partial charge on any atom is -0.399 e. The molecule has 1 unspecified atom stereocenters. The van der Waals surface area contributed by atoms with Crippen LogP contribution in [0, 0.1) is 0 Å². The molecule has 0 saturated carbocycles. The Labute approximate surface area is 104 Å². The summed E-state index contributed by atoms with van der Waals surface area (Å²) in [6.45, 7) is 5.06. The van der Waals surface area contributed by atoms with Gasteiger partial charge >= 0.3 is 0 Å². The molecule has 0 aliphatic rings. The molecule has 1 atom stereocenters. The van der Waals surface area contributed by atoms with Crippen LogP contribution in [0.5, 0.6) is 0 Å². The van der Waals surface area contributed by atoms with Crippen LogP contribution in [0.4, 0.5) is 5.69 Å². The number of carbonyl (C=O) groups excluding carboxylic acids is 1. The van der Waals surface area contributed by atoms with E-state index in [0.29, 0.717) is 5.69 Å². The maximum atomic E-state index is 12.2. The lowest BCUT2D eigenvalue weighted by Crippen LogP contribution is -2.36. The van der Waals surface area contributed by atoms with Crippen molar-refractivity contribution in [1.82, 2.24) is 4.90 Å². The molecule has 0 radical (unpaired) electrons. The van der Waals surface area contributed by atoms with Gasteiger partial charge in [-0.2, -0.15) is 0 Å². The second-order valence-corrected chi connectivity index (χ2v) is 4.50. The highest BCUT2D eigenvalue weighted by atomic mass is 16.1. The van der Waals surface area contributed by atoms with E-state index in [9.17, 15) is 4.79 Å². The molecular formula is C14H22N2O. The summed E-state index contributed by atoms with van der Waals surface area (Å²) in [4.78, 5) is 14.3. The van der Waals surface area contributed by atoms with E-state index < -0.39 is 0 Å². The molecule has 1 rings (SSSR count). The van der Waals surface area contributed by atoms with E-state index in [1.54, 1.807) is 24.3 Å². The van der Waals surface area contributed by atoms with Crippen LogP contribution in [0.3, 0.4) is 0 Å². The maximum Gasteiger partial charge on any atom is 0.179 e. The Hall–Kier alpha value is -1.35. The Balaban J connectivity index is 2.65. The van der Waals surface area contributed by atoms with Crippen molar-refractivity contribution < 1.29 is 4.79 Å². The van der Waals surface area contributed by atoms with Crippen LogP contribution in [-0.4, -0.2) is 30.3 Å². The Morgan fingerprint density at radius 2 is 1.94 bits per heavy atom. The first-order valence-electron chi connectivity index (χ1n) is 6.16. The van der Waals surface area contributed by atoms with Gasteiger partial charge in [0.25, 0.3) is 0 Å². The molecule has 0 spiro atoms. The fourth-order valence-electron chi connectivity index (χ4n) is 1.69. The molecule has 0 aliphatic carbocycles. The van der Waals surface area contributed by atoms with Crippen LogP contribution in [0.15, 0.2) is 24.3 Å². The van der Waals surface area contributed by atoms with Crippen molar-refractivity contribution >= 4 is 11.5 Å². The molecule has 0 bridgehead atoms. The zero-order chi connectivity index (χ0) is 12.8. The molecular weight excluding hydrogens is 212 g/mol. The summed E-state index contributed by atoms with van der Waals surface area (Å²) in [6.07, 6.45) is 2.27. The third kappa shape index (κ3) is 3.86. The molecule has 1 aromatic rings. The first-order chi connectivity index (χ1) is 8.06. The monoisotopic (exact) mass is 234 g/mol. The standard InChI is InChI=1S/C14H22N2O/c1-4-5-10-16(3)11(2)14(17)12-6-8-13(15)9-7-12/h6-9,11H,4-5,10,15H2,1-3H3. The summed E-state index contributed by atoms with van der Waals surface area (Å²) in [5.41, 5.74) is 7.03. The average Bonchev–Trinajstić information content (AvgIpc) is 2.35. The van der Waals surface area contributed by atoms with Gasteiger partial charge in [-0.1, -0.05) is 13.3 Å². The average molecular weight is 234 g/mol. The quantitative estimate of drug-likeness (QED) is 0.608. The van der Waals surface area contributed by atoms with E-state index in [4.69, 9.17) is 5.73 Å². The summed E-state index contributed by atoms with van der Waals surface area (Å²) in [5.74, 6) is 0.156. The van der Waals surface area contributed by atoms with Gasteiger partial charge in [-0.15, -0.1) is 0 Å². The Morgan fingerprint density at radius 1 is 1.35 bits per heavy atom. The van der Waals surface area contributed by atoms with Gasteiger partial charge in [-0.3, -0.25) is 9.69 Å². The smallest absolute Gasteiger partial charge is 0.179 e. The molecule has 1 aromatic carbocycles. The summed E-state index contributed by atoms with van der Waals surface area (Å²) in [5, 5.41) is 0. The lowest BCUT2D eigenvalue weighted by Gasteiger charge is -2.23. The van der Waals surface area contributed by atoms with E-state index in [-0.39, 0.29) is 11.8 Å². The topological polar surface area (TPSA) is 46.3 Å². The highest BCUT2D eigenvalue weighted by Gasteiger charge is 2.18. The summed E-state index contributed by atoms with van der Waals surface area (Å²) >= 11 is 0. The Bertz CT molecular complexity index is 359. The molecule has 0 aromatic heterocycles. The molecule has 0 heterocycles. The van der Waals surface area contributed by atoms with Crippen LogP contribution in [0.1, 0.15) is 37.0 Å². The number of ketones is 1. The van der Waals surface area contributed by atoms with Gasteiger partial charge in [0.15, 0.2) is 5.78 Å². The number of likely N-dealkylation sites (N-methyl/N-ethyl adjacent to an activating group) is 1. The maximum absolute atomic E-state index is 12.2. The van der Waals surface area contributed by atoms with Crippen LogP contribution in [-0.2, 0) is 0 Å². The minimum absolute atomic E-state index is 0.0785. The van der Waals surface area contributed by atoms with Gasteiger partial charge in [-0.25, -0.2) is 0 Å². The van der Waals surface area contributed by atoms with E-state index in [2.05, 4.69) is 11.8 Å². The Morgan fingerprint density at radius 3 is 2.47 bits per heavy atom. The fourth-order valence-corrected chi connectivity index (χ4v) is 1.69. The molecule has 0 saturated heterocycles. The van der Waals surface area contributed by atoms with Crippen molar-refractivity contribution in [3.05, 3.63) is 29.8 Å². The van der Waals surface area contributed by atoms with Gasteiger partial charge < -0.3 is 5.73 Å². The van der Waals surface area contributed by atoms with Crippen LogP contribution in [0.25, 0.3) is 0 Å². The second-order valence-electron chi connectivity index (χ2n) is 4.50. The zero-order valence-corrected chi connectivity index (χ0v) is 10.9. The molecule has 0 fully saturated rings. The number of rotatable bonds is 6. The molecule has 3 heteroatoms. The number of carbonyl (C=O) groups is 1. The van der Waals surface area contributed by atoms with Crippen molar-refractivity contribution in [2.24, 2.45) is 0 Å². The minimum atomic E-state index is -0.0785. The van der Waals surface area contributed by atoms with Gasteiger partial charge in [-0.05, 0) is 51.2 Å². The van der Waals surface area contributed by atoms with Crippen LogP contribution < -0.4 is 5.73 Å². The normalized spacial score (nSPS) is 12.7. The van der Waals surface area contributed by atoms with Crippen LogP contribution >= 0.6 is 0 Å². The third-order valence-electron chi connectivity index (χ3n) is 3.10. The number of benzene rings is 1. The van der Waals surface area contributed by atoms with Crippen molar-refractivity contribution in [1.29, 1.82) is 0 Å².